The number of hydrogen-bond donors (Lipinski definition) is 2. The average molecular weight is 277 g/mol. The number of benzene rings is 1. The third-order valence-electron chi connectivity index (χ3n) is 3.98. The van der Waals surface area contributed by atoms with E-state index in [-0.39, 0.29) is 11.7 Å². The van der Waals surface area contributed by atoms with E-state index in [1.807, 2.05) is 4.90 Å². The number of aromatic hydroxyl groups is 1. The Labute approximate surface area is 120 Å². The lowest BCUT2D eigenvalue weighted by Gasteiger charge is -2.38. The van der Waals surface area contributed by atoms with E-state index in [9.17, 15) is 9.90 Å². The molecule has 2 rings (SSSR count). The van der Waals surface area contributed by atoms with Crippen molar-refractivity contribution < 1.29 is 9.90 Å². The molecule has 0 spiro atoms. The van der Waals surface area contributed by atoms with Gasteiger partial charge < -0.3 is 15.7 Å². The molecular formula is C15H23N3O2. The summed E-state index contributed by atoms with van der Waals surface area (Å²) < 4.78 is 0. The second kappa shape index (κ2) is 6.72. The van der Waals surface area contributed by atoms with Crippen LogP contribution in [0, 0.1) is 0 Å². The fraction of sp³-hybridized carbons (Fsp3) is 0.533. The summed E-state index contributed by atoms with van der Waals surface area (Å²) in [5.74, 6) is 0.213. The minimum Gasteiger partial charge on any atom is -0.508 e. The third kappa shape index (κ3) is 3.29. The lowest BCUT2D eigenvalue weighted by molar-refractivity contribution is 0.0571. The first-order chi connectivity index (χ1) is 9.65. The van der Waals surface area contributed by atoms with Gasteiger partial charge in [-0.25, -0.2) is 0 Å². The number of piperazine rings is 1. The second-order valence-electron chi connectivity index (χ2n) is 5.17. The predicted molar refractivity (Wildman–Crippen MR) is 78.7 cm³/mol. The SMILES string of the molecule is CCC(CN)N1CCN(C(=O)c2ccc(O)cc2)CC1. The molecule has 1 amide bonds. The largest absolute Gasteiger partial charge is 0.508 e. The first-order valence-corrected chi connectivity index (χ1v) is 7.18. The molecule has 20 heavy (non-hydrogen) atoms. The second-order valence-corrected chi connectivity index (χ2v) is 5.17. The zero-order chi connectivity index (χ0) is 14.5. The molecule has 0 saturated carbocycles. The lowest BCUT2D eigenvalue weighted by atomic mass is 10.1. The minimum atomic E-state index is 0.0328. The summed E-state index contributed by atoms with van der Waals surface area (Å²) in [7, 11) is 0. The first kappa shape index (κ1) is 14.8. The average Bonchev–Trinajstić information content (AvgIpc) is 2.49. The molecule has 1 fully saturated rings. The molecule has 1 saturated heterocycles. The summed E-state index contributed by atoms with van der Waals surface area (Å²) in [6.07, 6.45) is 1.04. The maximum atomic E-state index is 12.3. The van der Waals surface area contributed by atoms with Crippen LogP contribution in [0.5, 0.6) is 5.75 Å². The smallest absolute Gasteiger partial charge is 0.253 e. The van der Waals surface area contributed by atoms with Gasteiger partial charge in [-0.3, -0.25) is 9.69 Å². The monoisotopic (exact) mass is 277 g/mol. The van der Waals surface area contributed by atoms with Gasteiger partial charge in [-0.1, -0.05) is 6.92 Å². The molecule has 0 radical (unpaired) electrons. The van der Waals surface area contributed by atoms with Crippen LogP contribution in [0.15, 0.2) is 24.3 Å². The summed E-state index contributed by atoms with van der Waals surface area (Å²) in [5, 5.41) is 9.26. The Bertz CT molecular complexity index is 435. The number of nitrogens with zero attached hydrogens (tertiary/aromatic N) is 2. The van der Waals surface area contributed by atoms with Crippen LogP contribution in [-0.2, 0) is 0 Å². The van der Waals surface area contributed by atoms with Gasteiger partial charge in [-0.15, -0.1) is 0 Å². The summed E-state index contributed by atoms with van der Waals surface area (Å²) in [5.41, 5.74) is 6.39. The van der Waals surface area contributed by atoms with Crippen molar-refractivity contribution in [1.29, 1.82) is 0 Å². The van der Waals surface area contributed by atoms with E-state index in [2.05, 4.69) is 11.8 Å². The van der Waals surface area contributed by atoms with Crippen LogP contribution in [0.25, 0.3) is 0 Å². The first-order valence-electron chi connectivity index (χ1n) is 7.18. The van der Waals surface area contributed by atoms with E-state index in [0.717, 1.165) is 32.6 Å². The van der Waals surface area contributed by atoms with E-state index in [4.69, 9.17) is 5.73 Å². The Balaban J connectivity index is 1.93. The van der Waals surface area contributed by atoms with Gasteiger partial charge in [0.15, 0.2) is 0 Å². The number of hydrogen-bond acceptors (Lipinski definition) is 4. The quantitative estimate of drug-likeness (QED) is 0.857. The number of carbonyl (C=O) groups is 1. The van der Waals surface area contributed by atoms with Crippen LogP contribution in [0.4, 0.5) is 0 Å². The number of phenolic OH excluding ortho intramolecular Hbond substituents is 1. The van der Waals surface area contributed by atoms with E-state index < -0.39 is 0 Å². The molecular weight excluding hydrogens is 254 g/mol. The highest BCUT2D eigenvalue weighted by Crippen LogP contribution is 2.14. The van der Waals surface area contributed by atoms with Crippen LogP contribution >= 0.6 is 0 Å². The third-order valence-corrected chi connectivity index (χ3v) is 3.98. The van der Waals surface area contributed by atoms with Gasteiger partial charge in [0.1, 0.15) is 5.75 Å². The minimum absolute atomic E-state index is 0.0328. The molecule has 5 heteroatoms. The highest BCUT2D eigenvalue weighted by Gasteiger charge is 2.25. The van der Waals surface area contributed by atoms with Crippen molar-refractivity contribution in [3.05, 3.63) is 29.8 Å². The lowest BCUT2D eigenvalue weighted by Crippen LogP contribution is -2.53. The highest BCUT2D eigenvalue weighted by molar-refractivity contribution is 5.94. The molecule has 1 heterocycles. The van der Waals surface area contributed by atoms with Crippen LogP contribution in [-0.4, -0.2) is 59.6 Å². The Morgan fingerprint density at radius 3 is 2.35 bits per heavy atom. The summed E-state index contributed by atoms with van der Waals surface area (Å²) in [4.78, 5) is 16.6. The molecule has 5 nitrogen and oxygen atoms in total. The number of carbonyl (C=O) groups excluding carboxylic acids is 1. The van der Waals surface area contributed by atoms with E-state index in [0.29, 0.717) is 18.2 Å². The molecule has 1 aliphatic heterocycles. The molecule has 1 aliphatic rings. The van der Waals surface area contributed by atoms with Crippen molar-refractivity contribution in [2.45, 2.75) is 19.4 Å². The fourth-order valence-electron chi connectivity index (χ4n) is 2.65. The van der Waals surface area contributed by atoms with Crippen molar-refractivity contribution >= 4 is 5.91 Å². The van der Waals surface area contributed by atoms with Gasteiger partial charge in [-0.05, 0) is 30.7 Å². The fourth-order valence-corrected chi connectivity index (χ4v) is 2.65. The Morgan fingerprint density at radius 2 is 1.85 bits per heavy atom. The Morgan fingerprint density at radius 1 is 1.25 bits per heavy atom. The van der Waals surface area contributed by atoms with Crippen molar-refractivity contribution in [1.82, 2.24) is 9.80 Å². The zero-order valence-corrected chi connectivity index (χ0v) is 12.0. The molecule has 0 bridgehead atoms. The van der Waals surface area contributed by atoms with Crippen LogP contribution in [0.1, 0.15) is 23.7 Å². The Hall–Kier alpha value is -1.59. The molecule has 0 aromatic heterocycles. The topological polar surface area (TPSA) is 69.8 Å². The van der Waals surface area contributed by atoms with Crippen molar-refractivity contribution in [3.63, 3.8) is 0 Å². The summed E-state index contributed by atoms with van der Waals surface area (Å²) in [6, 6.07) is 6.84. The molecule has 1 aromatic rings. The normalized spacial score (nSPS) is 18.0. The van der Waals surface area contributed by atoms with E-state index in [1.165, 1.54) is 0 Å². The van der Waals surface area contributed by atoms with Crippen molar-refractivity contribution in [3.8, 4) is 5.75 Å². The predicted octanol–water partition coefficient (Wildman–Crippen LogP) is 0.887. The number of amides is 1. The van der Waals surface area contributed by atoms with Gasteiger partial charge in [-0.2, -0.15) is 0 Å². The standard InChI is InChI=1S/C15H23N3O2/c1-2-13(11-16)17-7-9-18(10-8-17)15(20)12-3-5-14(19)6-4-12/h3-6,13,19H,2,7-11,16H2,1H3. The molecule has 110 valence electrons. The van der Waals surface area contributed by atoms with Crippen molar-refractivity contribution in [2.75, 3.05) is 32.7 Å². The van der Waals surface area contributed by atoms with Crippen LogP contribution in [0.3, 0.4) is 0 Å². The molecule has 3 N–H and O–H groups in total. The number of phenols is 1. The molecule has 1 aromatic carbocycles. The number of nitrogens with two attached hydrogens (primary N) is 1. The van der Waals surface area contributed by atoms with E-state index >= 15 is 0 Å². The van der Waals surface area contributed by atoms with Crippen molar-refractivity contribution in [2.24, 2.45) is 5.73 Å². The maximum absolute atomic E-state index is 12.3. The highest BCUT2D eigenvalue weighted by atomic mass is 16.3. The summed E-state index contributed by atoms with van der Waals surface area (Å²) >= 11 is 0. The zero-order valence-electron chi connectivity index (χ0n) is 12.0. The summed E-state index contributed by atoms with van der Waals surface area (Å²) in [6.45, 7) is 6.03. The molecule has 1 unspecified atom stereocenters. The molecule has 1 atom stereocenters. The van der Waals surface area contributed by atoms with Gasteiger partial charge in [0.25, 0.3) is 5.91 Å². The van der Waals surface area contributed by atoms with Crippen LogP contribution < -0.4 is 5.73 Å². The van der Waals surface area contributed by atoms with Gasteiger partial charge in [0, 0.05) is 44.3 Å². The maximum Gasteiger partial charge on any atom is 0.253 e. The Kier molecular flexibility index (Phi) is 4.98. The van der Waals surface area contributed by atoms with E-state index in [1.54, 1.807) is 24.3 Å². The van der Waals surface area contributed by atoms with Gasteiger partial charge >= 0.3 is 0 Å². The van der Waals surface area contributed by atoms with Crippen LogP contribution in [0.2, 0.25) is 0 Å². The van der Waals surface area contributed by atoms with Gasteiger partial charge in [0.2, 0.25) is 0 Å². The molecule has 0 aliphatic carbocycles. The number of rotatable bonds is 4. The van der Waals surface area contributed by atoms with Gasteiger partial charge in [0.05, 0.1) is 0 Å².